The van der Waals surface area contributed by atoms with Gasteiger partial charge in [-0.3, -0.25) is 15.5 Å². The molecule has 1 aromatic heterocycles. The first-order valence-electron chi connectivity index (χ1n) is 5.58. The van der Waals surface area contributed by atoms with Gasteiger partial charge >= 0.3 is 0 Å². The summed E-state index contributed by atoms with van der Waals surface area (Å²) >= 11 is 1.46. The molecule has 0 saturated carbocycles. The Morgan fingerprint density at radius 1 is 1.30 bits per heavy atom. The molecule has 0 aliphatic rings. The Kier molecular flexibility index (Phi) is 4.61. The normalized spacial score (nSPS) is 10.7. The lowest BCUT2D eigenvalue weighted by atomic mass is 10.3. The molecule has 0 amide bonds. The molecule has 102 valence electrons. The standard InChI is InChI=1S/C12H11N5O2S/c1-20-12-13-6-9(7-14-12)8-15-16-10-2-4-11(5-3-10)17(18)19/h2-8,16H,1H3/b15-8-. The molecule has 1 aromatic carbocycles. The zero-order chi connectivity index (χ0) is 14.4. The first-order chi connectivity index (χ1) is 9.69. The number of hydrogen-bond acceptors (Lipinski definition) is 7. The predicted octanol–water partition coefficient (Wildman–Crippen LogP) is 2.55. The number of nitro benzene ring substituents is 1. The molecule has 0 radical (unpaired) electrons. The Balaban J connectivity index is 1.96. The summed E-state index contributed by atoms with van der Waals surface area (Å²) in [4.78, 5) is 18.3. The zero-order valence-electron chi connectivity index (χ0n) is 10.6. The van der Waals surface area contributed by atoms with Gasteiger partial charge in [0.15, 0.2) is 5.16 Å². The molecular formula is C12H11N5O2S. The van der Waals surface area contributed by atoms with E-state index in [1.807, 2.05) is 6.26 Å². The number of benzene rings is 1. The highest BCUT2D eigenvalue weighted by atomic mass is 32.2. The molecule has 0 spiro atoms. The minimum absolute atomic E-state index is 0.0422. The van der Waals surface area contributed by atoms with Crippen molar-refractivity contribution in [2.75, 3.05) is 11.7 Å². The molecule has 1 N–H and O–H groups in total. The highest BCUT2D eigenvalue weighted by Crippen LogP contribution is 2.15. The van der Waals surface area contributed by atoms with Gasteiger partial charge in [-0.1, -0.05) is 11.8 Å². The second-order valence-corrected chi connectivity index (χ2v) is 4.45. The van der Waals surface area contributed by atoms with Gasteiger partial charge in [-0.25, -0.2) is 9.97 Å². The van der Waals surface area contributed by atoms with Crippen molar-refractivity contribution in [2.45, 2.75) is 5.16 Å². The number of anilines is 1. The summed E-state index contributed by atoms with van der Waals surface area (Å²) in [6, 6.07) is 5.99. The van der Waals surface area contributed by atoms with Crippen LogP contribution in [0.25, 0.3) is 0 Å². The fraction of sp³-hybridized carbons (Fsp3) is 0.0833. The number of nitrogens with one attached hydrogen (secondary N) is 1. The minimum atomic E-state index is -0.447. The van der Waals surface area contributed by atoms with E-state index in [-0.39, 0.29) is 5.69 Å². The Morgan fingerprint density at radius 2 is 1.95 bits per heavy atom. The van der Waals surface area contributed by atoms with Crippen molar-refractivity contribution in [1.82, 2.24) is 9.97 Å². The zero-order valence-corrected chi connectivity index (χ0v) is 11.4. The van der Waals surface area contributed by atoms with Crippen molar-refractivity contribution in [3.63, 3.8) is 0 Å². The van der Waals surface area contributed by atoms with Crippen LogP contribution in [0, 0.1) is 10.1 Å². The van der Waals surface area contributed by atoms with E-state index >= 15 is 0 Å². The van der Waals surface area contributed by atoms with Crippen LogP contribution >= 0.6 is 11.8 Å². The van der Waals surface area contributed by atoms with Gasteiger partial charge in [-0.15, -0.1) is 0 Å². The topological polar surface area (TPSA) is 93.3 Å². The number of nitrogens with zero attached hydrogens (tertiary/aromatic N) is 4. The van der Waals surface area contributed by atoms with E-state index in [1.54, 1.807) is 30.7 Å². The summed E-state index contributed by atoms with van der Waals surface area (Å²) in [5.41, 5.74) is 4.24. The molecule has 0 bridgehead atoms. The van der Waals surface area contributed by atoms with Crippen LogP contribution in [0.1, 0.15) is 5.56 Å². The third-order valence-electron chi connectivity index (χ3n) is 2.32. The summed E-state index contributed by atoms with van der Waals surface area (Å²) in [6.45, 7) is 0. The summed E-state index contributed by atoms with van der Waals surface area (Å²) in [7, 11) is 0. The van der Waals surface area contributed by atoms with Gasteiger partial charge in [0.2, 0.25) is 0 Å². The SMILES string of the molecule is CSc1ncc(/C=N\Nc2ccc([N+](=O)[O-])cc2)cn1. The molecule has 0 unspecified atom stereocenters. The smallest absolute Gasteiger partial charge is 0.269 e. The van der Waals surface area contributed by atoms with E-state index in [0.29, 0.717) is 10.8 Å². The van der Waals surface area contributed by atoms with Crippen LogP contribution in [-0.2, 0) is 0 Å². The summed E-state index contributed by atoms with van der Waals surface area (Å²) in [5.74, 6) is 0. The second-order valence-electron chi connectivity index (χ2n) is 3.68. The van der Waals surface area contributed by atoms with Crippen molar-refractivity contribution in [3.05, 3.63) is 52.3 Å². The van der Waals surface area contributed by atoms with Crippen LogP contribution < -0.4 is 5.43 Å². The van der Waals surface area contributed by atoms with Crippen LogP contribution in [0.3, 0.4) is 0 Å². The number of aromatic nitrogens is 2. The summed E-state index contributed by atoms with van der Waals surface area (Å²) in [6.07, 6.45) is 6.81. The summed E-state index contributed by atoms with van der Waals surface area (Å²) in [5, 5.41) is 15.2. The van der Waals surface area contributed by atoms with E-state index in [4.69, 9.17) is 0 Å². The van der Waals surface area contributed by atoms with Crippen molar-refractivity contribution in [3.8, 4) is 0 Å². The average molecular weight is 289 g/mol. The Morgan fingerprint density at radius 3 is 2.50 bits per heavy atom. The Labute approximate surface area is 119 Å². The van der Waals surface area contributed by atoms with E-state index in [1.165, 1.54) is 23.9 Å². The maximum absolute atomic E-state index is 10.5. The van der Waals surface area contributed by atoms with Crippen molar-refractivity contribution in [1.29, 1.82) is 0 Å². The van der Waals surface area contributed by atoms with E-state index in [0.717, 1.165) is 5.56 Å². The lowest BCUT2D eigenvalue weighted by molar-refractivity contribution is -0.384. The molecule has 0 aliphatic heterocycles. The van der Waals surface area contributed by atoms with Crippen LogP contribution in [0.15, 0.2) is 46.9 Å². The van der Waals surface area contributed by atoms with Gasteiger partial charge in [0.1, 0.15) is 0 Å². The molecule has 20 heavy (non-hydrogen) atoms. The lowest BCUT2D eigenvalue weighted by Gasteiger charge is -1.99. The number of hydrazone groups is 1. The molecule has 0 aliphatic carbocycles. The minimum Gasteiger partial charge on any atom is -0.278 e. The molecule has 2 aromatic rings. The van der Waals surface area contributed by atoms with Crippen molar-refractivity contribution < 1.29 is 4.92 Å². The van der Waals surface area contributed by atoms with Gasteiger partial charge < -0.3 is 0 Å². The van der Waals surface area contributed by atoms with Gasteiger partial charge in [0, 0.05) is 30.1 Å². The largest absolute Gasteiger partial charge is 0.278 e. The Hall–Kier alpha value is -2.48. The van der Waals surface area contributed by atoms with Crippen LogP contribution in [0.5, 0.6) is 0 Å². The molecule has 0 fully saturated rings. The fourth-order valence-corrected chi connectivity index (χ4v) is 1.65. The highest BCUT2D eigenvalue weighted by molar-refractivity contribution is 7.98. The molecule has 2 rings (SSSR count). The first kappa shape index (κ1) is 13.9. The van der Waals surface area contributed by atoms with Gasteiger partial charge in [-0.2, -0.15) is 5.10 Å². The number of rotatable bonds is 5. The lowest BCUT2D eigenvalue weighted by Crippen LogP contribution is -1.93. The number of thioether (sulfide) groups is 1. The molecule has 7 nitrogen and oxygen atoms in total. The second kappa shape index (κ2) is 6.62. The van der Waals surface area contributed by atoms with Crippen molar-refractivity contribution in [2.24, 2.45) is 5.10 Å². The van der Waals surface area contributed by atoms with Crippen LogP contribution in [-0.4, -0.2) is 27.4 Å². The third-order valence-corrected chi connectivity index (χ3v) is 2.89. The van der Waals surface area contributed by atoms with E-state index < -0.39 is 4.92 Å². The Bertz CT molecular complexity index is 613. The third kappa shape index (κ3) is 3.75. The van der Waals surface area contributed by atoms with Gasteiger partial charge in [-0.05, 0) is 18.4 Å². The summed E-state index contributed by atoms with van der Waals surface area (Å²) < 4.78 is 0. The molecule has 0 saturated heterocycles. The van der Waals surface area contributed by atoms with Crippen LogP contribution in [0.2, 0.25) is 0 Å². The maximum atomic E-state index is 10.5. The van der Waals surface area contributed by atoms with Gasteiger partial charge in [0.05, 0.1) is 16.8 Å². The number of nitro groups is 1. The van der Waals surface area contributed by atoms with Crippen LogP contribution in [0.4, 0.5) is 11.4 Å². The quantitative estimate of drug-likeness (QED) is 0.299. The number of non-ortho nitro benzene ring substituents is 1. The van der Waals surface area contributed by atoms with E-state index in [2.05, 4.69) is 20.5 Å². The molecule has 0 atom stereocenters. The number of hydrogen-bond donors (Lipinski definition) is 1. The molecule has 8 heteroatoms. The fourth-order valence-electron chi connectivity index (χ4n) is 1.34. The van der Waals surface area contributed by atoms with Crippen molar-refractivity contribution >= 4 is 29.4 Å². The molecule has 1 heterocycles. The van der Waals surface area contributed by atoms with Gasteiger partial charge in [0.25, 0.3) is 5.69 Å². The predicted molar refractivity (Wildman–Crippen MR) is 78.1 cm³/mol. The monoisotopic (exact) mass is 289 g/mol. The maximum Gasteiger partial charge on any atom is 0.269 e. The highest BCUT2D eigenvalue weighted by Gasteiger charge is 2.02. The average Bonchev–Trinajstić information content (AvgIpc) is 2.48. The first-order valence-corrected chi connectivity index (χ1v) is 6.81. The van der Waals surface area contributed by atoms with E-state index in [9.17, 15) is 10.1 Å². The molecular weight excluding hydrogens is 278 g/mol.